The standard InChI is InChI=1S/C18H20FN3O5S/c1-12(23)20-15-11-13(5-6-14(15)19)21-18(24)16-7-8-17(27-16)28(25,26)22-9-3-2-4-10-22/h5-8,11H,2-4,9-10H2,1H3,(H,20,23)(H,21,24). The smallest absolute Gasteiger partial charge is 0.291 e. The summed E-state index contributed by atoms with van der Waals surface area (Å²) in [7, 11) is -3.78. The van der Waals surface area contributed by atoms with Gasteiger partial charge in [0.15, 0.2) is 5.76 Å². The van der Waals surface area contributed by atoms with Gasteiger partial charge in [0, 0.05) is 25.7 Å². The molecule has 150 valence electrons. The maximum Gasteiger partial charge on any atom is 0.291 e. The Morgan fingerprint density at radius 3 is 2.46 bits per heavy atom. The molecule has 2 aromatic rings. The van der Waals surface area contributed by atoms with Gasteiger partial charge in [-0.15, -0.1) is 0 Å². The van der Waals surface area contributed by atoms with E-state index in [0.29, 0.717) is 13.1 Å². The molecule has 0 aliphatic carbocycles. The molecule has 2 N–H and O–H groups in total. The first-order chi connectivity index (χ1) is 13.3. The van der Waals surface area contributed by atoms with Gasteiger partial charge in [-0.1, -0.05) is 6.42 Å². The number of carbonyl (C=O) groups is 2. The number of piperidine rings is 1. The van der Waals surface area contributed by atoms with Crippen LogP contribution in [0.5, 0.6) is 0 Å². The van der Waals surface area contributed by atoms with Crippen LogP contribution in [0, 0.1) is 5.82 Å². The second-order valence-electron chi connectivity index (χ2n) is 6.41. The zero-order chi connectivity index (χ0) is 20.3. The molecule has 10 heteroatoms. The van der Waals surface area contributed by atoms with Crippen LogP contribution in [0.1, 0.15) is 36.7 Å². The van der Waals surface area contributed by atoms with Gasteiger partial charge < -0.3 is 15.1 Å². The second-order valence-corrected chi connectivity index (χ2v) is 8.28. The SMILES string of the molecule is CC(=O)Nc1cc(NC(=O)c2ccc(S(=O)(=O)N3CCCCC3)o2)ccc1F. The number of nitrogens with one attached hydrogen (secondary N) is 2. The summed E-state index contributed by atoms with van der Waals surface area (Å²) in [6.45, 7) is 2.08. The van der Waals surface area contributed by atoms with E-state index < -0.39 is 27.7 Å². The van der Waals surface area contributed by atoms with E-state index in [1.54, 1.807) is 0 Å². The van der Waals surface area contributed by atoms with Crippen LogP contribution in [0.15, 0.2) is 39.8 Å². The number of furan rings is 1. The van der Waals surface area contributed by atoms with Gasteiger partial charge >= 0.3 is 0 Å². The third-order valence-corrected chi connectivity index (χ3v) is 6.02. The number of sulfonamides is 1. The first-order valence-corrected chi connectivity index (χ1v) is 10.2. The molecular formula is C18H20FN3O5S. The summed E-state index contributed by atoms with van der Waals surface area (Å²) in [5, 5.41) is 4.50. The Balaban J connectivity index is 1.75. The Labute approximate surface area is 161 Å². The van der Waals surface area contributed by atoms with Crippen LogP contribution in [-0.4, -0.2) is 37.6 Å². The Bertz CT molecular complexity index is 996. The molecular weight excluding hydrogens is 389 g/mol. The number of nitrogens with zero attached hydrogens (tertiary/aromatic N) is 1. The van der Waals surface area contributed by atoms with Crippen molar-refractivity contribution in [1.29, 1.82) is 0 Å². The monoisotopic (exact) mass is 409 g/mol. The average molecular weight is 409 g/mol. The number of anilines is 2. The number of carbonyl (C=O) groups excluding carboxylic acids is 2. The quantitative estimate of drug-likeness (QED) is 0.789. The lowest BCUT2D eigenvalue weighted by molar-refractivity contribution is -0.114. The third kappa shape index (κ3) is 4.39. The number of hydrogen-bond acceptors (Lipinski definition) is 5. The number of rotatable bonds is 5. The van der Waals surface area contributed by atoms with E-state index in [4.69, 9.17) is 4.42 Å². The van der Waals surface area contributed by atoms with Crippen molar-refractivity contribution in [3.05, 3.63) is 41.9 Å². The highest BCUT2D eigenvalue weighted by atomic mass is 32.2. The molecule has 0 spiro atoms. The van der Waals surface area contributed by atoms with E-state index in [-0.39, 0.29) is 22.2 Å². The second kappa shape index (κ2) is 8.11. The molecule has 3 rings (SSSR count). The summed E-state index contributed by atoms with van der Waals surface area (Å²) in [5.41, 5.74) is 0.130. The van der Waals surface area contributed by atoms with Crippen molar-refractivity contribution in [3.8, 4) is 0 Å². The molecule has 8 nitrogen and oxygen atoms in total. The fraction of sp³-hybridized carbons (Fsp3) is 0.333. The Hall–Kier alpha value is -2.72. The van der Waals surface area contributed by atoms with Gasteiger partial charge in [-0.05, 0) is 43.2 Å². The average Bonchev–Trinajstić information content (AvgIpc) is 3.16. The van der Waals surface area contributed by atoms with Crippen LogP contribution >= 0.6 is 0 Å². The van der Waals surface area contributed by atoms with E-state index in [0.717, 1.165) is 25.3 Å². The van der Waals surface area contributed by atoms with Gasteiger partial charge in [-0.25, -0.2) is 12.8 Å². The third-order valence-electron chi connectivity index (χ3n) is 4.25. The molecule has 1 aromatic heterocycles. The molecule has 0 bridgehead atoms. The summed E-state index contributed by atoms with van der Waals surface area (Å²) in [5.74, 6) is -2.00. The molecule has 0 radical (unpaired) electrons. The van der Waals surface area contributed by atoms with Crippen LogP contribution < -0.4 is 10.6 Å². The van der Waals surface area contributed by atoms with Gasteiger partial charge in [0.25, 0.3) is 15.9 Å². The molecule has 2 amide bonds. The minimum absolute atomic E-state index is 0.0851. The number of halogens is 1. The summed E-state index contributed by atoms with van der Waals surface area (Å²) in [6, 6.07) is 6.17. The lowest BCUT2D eigenvalue weighted by Crippen LogP contribution is -2.35. The molecule has 1 saturated heterocycles. The lowest BCUT2D eigenvalue weighted by atomic mass is 10.2. The van der Waals surface area contributed by atoms with Gasteiger partial charge in [-0.2, -0.15) is 4.31 Å². The lowest BCUT2D eigenvalue weighted by Gasteiger charge is -2.24. The fourth-order valence-corrected chi connectivity index (χ4v) is 4.32. The predicted molar refractivity (Wildman–Crippen MR) is 100.0 cm³/mol. The van der Waals surface area contributed by atoms with E-state index in [9.17, 15) is 22.4 Å². The highest BCUT2D eigenvalue weighted by Crippen LogP contribution is 2.24. The topological polar surface area (TPSA) is 109 Å². The van der Waals surface area contributed by atoms with Crippen molar-refractivity contribution in [2.45, 2.75) is 31.3 Å². The van der Waals surface area contributed by atoms with E-state index >= 15 is 0 Å². The van der Waals surface area contributed by atoms with Crippen molar-refractivity contribution in [2.75, 3.05) is 23.7 Å². The first-order valence-electron chi connectivity index (χ1n) is 8.76. The first kappa shape index (κ1) is 20.0. The summed E-state index contributed by atoms with van der Waals surface area (Å²) < 4.78 is 45.5. The number of amides is 2. The Morgan fingerprint density at radius 1 is 1.07 bits per heavy atom. The van der Waals surface area contributed by atoms with Gasteiger partial charge in [0.05, 0.1) is 5.69 Å². The predicted octanol–water partition coefficient (Wildman–Crippen LogP) is 2.80. The van der Waals surface area contributed by atoms with Gasteiger partial charge in [-0.3, -0.25) is 9.59 Å². The van der Waals surface area contributed by atoms with Crippen LogP contribution in [-0.2, 0) is 14.8 Å². The summed E-state index contributed by atoms with van der Waals surface area (Å²) >= 11 is 0. The minimum atomic E-state index is -3.78. The zero-order valence-electron chi connectivity index (χ0n) is 15.2. The molecule has 1 aromatic carbocycles. The molecule has 0 atom stereocenters. The largest absolute Gasteiger partial charge is 0.438 e. The number of hydrogen-bond donors (Lipinski definition) is 2. The van der Waals surface area contributed by atoms with Crippen LogP contribution in [0.3, 0.4) is 0 Å². The summed E-state index contributed by atoms with van der Waals surface area (Å²) in [6.07, 6.45) is 2.55. The zero-order valence-corrected chi connectivity index (χ0v) is 16.0. The van der Waals surface area contributed by atoms with Crippen LogP contribution in [0.2, 0.25) is 0 Å². The minimum Gasteiger partial charge on any atom is -0.438 e. The molecule has 2 heterocycles. The fourth-order valence-electron chi connectivity index (χ4n) is 2.89. The van der Waals surface area contributed by atoms with Gasteiger partial charge in [0.1, 0.15) is 5.82 Å². The summed E-state index contributed by atoms with van der Waals surface area (Å²) in [4.78, 5) is 23.5. The van der Waals surface area contributed by atoms with Gasteiger partial charge in [0.2, 0.25) is 11.0 Å². The molecule has 1 aliphatic heterocycles. The highest BCUT2D eigenvalue weighted by Gasteiger charge is 2.29. The molecule has 1 fully saturated rings. The Kier molecular flexibility index (Phi) is 5.80. The maximum atomic E-state index is 13.7. The van der Waals surface area contributed by atoms with Crippen molar-refractivity contribution in [2.24, 2.45) is 0 Å². The van der Waals surface area contributed by atoms with Crippen molar-refractivity contribution >= 4 is 33.2 Å². The molecule has 28 heavy (non-hydrogen) atoms. The molecule has 0 saturated carbocycles. The van der Waals surface area contributed by atoms with Crippen LogP contribution in [0.4, 0.5) is 15.8 Å². The number of benzene rings is 1. The maximum absolute atomic E-state index is 13.7. The molecule has 1 aliphatic rings. The van der Waals surface area contributed by atoms with E-state index in [1.165, 1.54) is 35.5 Å². The van der Waals surface area contributed by atoms with E-state index in [2.05, 4.69) is 10.6 Å². The van der Waals surface area contributed by atoms with E-state index in [1.807, 2.05) is 0 Å². The highest BCUT2D eigenvalue weighted by molar-refractivity contribution is 7.89. The van der Waals surface area contributed by atoms with Crippen molar-refractivity contribution in [3.63, 3.8) is 0 Å². The van der Waals surface area contributed by atoms with Crippen LogP contribution in [0.25, 0.3) is 0 Å². The normalized spacial score (nSPS) is 15.2. The van der Waals surface area contributed by atoms with Crippen molar-refractivity contribution < 1.29 is 26.8 Å². The molecule has 0 unspecified atom stereocenters. The Morgan fingerprint density at radius 2 is 1.79 bits per heavy atom. The van der Waals surface area contributed by atoms with Crippen molar-refractivity contribution in [1.82, 2.24) is 4.31 Å².